The van der Waals surface area contributed by atoms with Crippen molar-refractivity contribution in [1.82, 2.24) is 5.32 Å². The van der Waals surface area contributed by atoms with Crippen molar-refractivity contribution in [2.24, 2.45) is 5.92 Å². The second-order valence-corrected chi connectivity index (χ2v) is 3.20. The summed E-state index contributed by atoms with van der Waals surface area (Å²) in [5, 5.41) is 11.2. The Labute approximate surface area is 76.6 Å². The standard InChI is InChI=1S/C9H13NO3/c1-2-3-7(9(12)13)10-8(11)6-4-5-6/h2,6-7H,1,3-5H2,(H,10,11)(H,12,13)/t7-/m1/s1. The van der Waals surface area contributed by atoms with Crippen molar-refractivity contribution in [3.8, 4) is 0 Å². The molecule has 1 aliphatic carbocycles. The molecule has 0 bridgehead atoms. The Morgan fingerprint density at radius 3 is 2.62 bits per heavy atom. The monoisotopic (exact) mass is 183 g/mol. The molecule has 1 atom stereocenters. The molecule has 1 aliphatic rings. The van der Waals surface area contributed by atoms with Gasteiger partial charge < -0.3 is 10.4 Å². The lowest BCUT2D eigenvalue weighted by Gasteiger charge is -2.11. The summed E-state index contributed by atoms with van der Waals surface area (Å²) in [6, 6.07) is -0.814. The minimum atomic E-state index is -1.01. The predicted molar refractivity (Wildman–Crippen MR) is 47.1 cm³/mol. The van der Waals surface area contributed by atoms with Gasteiger partial charge in [0, 0.05) is 5.92 Å². The van der Waals surface area contributed by atoms with Gasteiger partial charge in [-0.15, -0.1) is 6.58 Å². The van der Waals surface area contributed by atoms with Gasteiger partial charge in [0.05, 0.1) is 0 Å². The third kappa shape index (κ3) is 2.89. The number of carbonyl (C=O) groups is 2. The molecule has 0 heterocycles. The molecule has 2 N–H and O–H groups in total. The lowest BCUT2D eigenvalue weighted by molar-refractivity contribution is -0.141. The number of hydrogen-bond acceptors (Lipinski definition) is 2. The Bertz CT molecular complexity index is 233. The van der Waals surface area contributed by atoms with E-state index in [1.165, 1.54) is 6.08 Å². The molecule has 13 heavy (non-hydrogen) atoms. The summed E-state index contributed by atoms with van der Waals surface area (Å²) in [5.74, 6) is -1.10. The van der Waals surface area contributed by atoms with Crippen LogP contribution in [0, 0.1) is 5.92 Å². The zero-order valence-corrected chi connectivity index (χ0v) is 7.32. The maximum Gasteiger partial charge on any atom is 0.326 e. The van der Waals surface area contributed by atoms with Crippen molar-refractivity contribution in [3.05, 3.63) is 12.7 Å². The minimum absolute atomic E-state index is 0.0478. The zero-order chi connectivity index (χ0) is 9.84. The average molecular weight is 183 g/mol. The van der Waals surface area contributed by atoms with Gasteiger partial charge in [-0.3, -0.25) is 4.79 Å². The maximum absolute atomic E-state index is 11.2. The predicted octanol–water partition coefficient (Wildman–Crippen LogP) is 0.542. The maximum atomic E-state index is 11.2. The Hall–Kier alpha value is -1.32. The Morgan fingerprint density at radius 1 is 1.62 bits per heavy atom. The highest BCUT2D eigenvalue weighted by Crippen LogP contribution is 2.28. The van der Waals surface area contributed by atoms with E-state index in [1.807, 2.05) is 0 Å². The van der Waals surface area contributed by atoms with Gasteiger partial charge >= 0.3 is 5.97 Å². The van der Waals surface area contributed by atoms with Gasteiger partial charge in [-0.25, -0.2) is 4.79 Å². The molecule has 72 valence electrons. The smallest absolute Gasteiger partial charge is 0.326 e. The van der Waals surface area contributed by atoms with Crippen LogP contribution in [-0.4, -0.2) is 23.0 Å². The summed E-state index contributed by atoms with van der Waals surface area (Å²) in [7, 11) is 0. The molecule has 1 rings (SSSR count). The van der Waals surface area contributed by atoms with Crippen LogP contribution in [0.5, 0.6) is 0 Å². The molecule has 0 aromatic carbocycles. The number of carboxylic acid groups (broad SMARTS) is 1. The zero-order valence-electron chi connectivity index (χ0n) is 7.32. The van der Waals surface area contributed by atoms with Crippen molar-refractivity contribution < 1.29 is 14.7 Å². The topological polar surface area (TPSA) is 66.4 Å². The second-order valence-electron chi connectivity index (χ2n) is 3.20. The minimum Gasteiger partial charge on any atom is -0.480 e. The van der Waals surface area contributed by atoms with Crippen molar-refractivity contribution in [2.45, 2.75) is 25.3 Å². The highest BCUT2D eigenvalue weighted by molar-refractivity contribution is 5.86. The Morgan fingerprint density at radius 2 is 2.23 bits per heavy atom. The van der Waals surface area contributed by atoms with Crippen molar-refractivity contribution >= 4 is 11.9 Å². The Kier molecular flexibility index (Phi) is 3.06. The fourth-order valence-corrected chi connectivity index (χ4v) is 1.02. The molecule has 0 unspecified atom stereocenters. The number of carboxylic acids is 1. The van der Waals surface area contributed by atoms with Gasteiger partial charge in [0.15, 0.2) is 0 Å². The molecule has 0 aliphatic heterocycles. The summed E-state index contributed by atoms with van der Waals surface area (Å²) >= 11 is 0. The highest BCUT2D eigenvalue weighted by atomic mass is 16.4. The average Bonchev–Trinajstić information content (AvgIpc) is 2.85. The molecular weight excluding hydrogens is 170 g/mol. The van der Waals surface area contributed by atoms with E-state index in [0.29, 0.717) is 0 Å². The third-order valence-electron chi connectivity index (χ3n) is 1.97. The Balaban J connectivity index is 2.40. The molecule has 0 spiro atoms. The van der Waals surface area contributed by atoms with E-state index in [1.54, 1.807) is 0 Å². The number of nitrogens with one attached hydrogen (secondary N) is 1. The fraction of sp³-hybridized carbons (Fsp3) is 0.556. The molecule has 0 radical (unpaired) electrons. The van der Waals surface area contributed by atoms with Crippen LogP contribution in [0.25, 0.3) is 0 Å². The fourth-order valence-electron chi connectivity index (χ4n) is 1.02. The van der Waals surface area contributed by atoms with E-state index in [9.17, 15) is 9.59 Å². The number of amides is 1. The van der Waals surface area contributed by atoms with Crippen LogP contribution in [0.1, 0.15) is 19.3 Å². The quantitative estimate of drug-likeness (QED) is 0.611. The largest absolute Gasteiger partial charge is 0.480 e. The summed E-state index contributed by atoms with van der Waals surface area (Å²) in [6.45, 7) is 3.44. The lowest BCUT2D eigenvalue weighted by Crippen LogP contribution is -2.41. The van der Waals surface area contributed by atoms with E-state index in [-0.39, 0.29) is 18.2 Å². The van der Waals surface area contributed by atoms with Crippen LogP contribution >= 0.6 is 0 Å². The molecule has 4 heteroatoms. The van der Waals surface area contributed by atoms with Crippen LogP contribution < -0.4 is 5.32 Å². The van der Waals surface area contributed by atoms with Gasteiger partial charge in [0.25, 0.3) is 0 Å². The number of hydrogen-bond donors (Lipinski definition) is 2. The molecule has 4 nitrogen and oxygen atoms in total. The SMILES string of the molecule is C=CC[C@@H](NC(=O)C1CC1)C(=O)O. The lowest BCUT2D eigenvalue weighted by atomic mass is 10.2. The van der Waals surface area contributed by atoms with Gasteiger partial charge in [-0.1, -0.05) is 6.08 Å². The summed E-state index contributed by atoms with van der Waals surface area (Å²) in [6.07, 6.45) is 3.53. The first kappa shape index (κ1) is 9.77. The summed E-state index contributed by atoms with van der Waals surface area (Å²) in [5.41, 5.74) is 0. The molecule has 0 aromatic rings. The first-order chi connectivity index (χ1) is 6.15. The molecule has 1 fully saturated rings. The first-order valence-corrected chi connectivity index (χ1v) is 4.29. The first-order valence-electron chi connectivity index (χ1n) is 4.29. The molecule has 1 amide bonds. The summed E-state index contributed by atoms with van der Waals surface area (Å²) in [4.78, 5) is 21.8. The third-order valence-corrected chi connectivity index (χ3v) is 1.97. The molecule has 0 saturated heterocycles. The number of carbonyl (C=O) groups excluding carboxylic acids is 1. The number of aliphatic carboxylic acids is 1. The van der Waals surface area contributed by atoms with E-state index in [2.05, 4.69) is 11.9 Å². The van der Waals surface area contributed by atoms with Gasteiger partial charge in [0.2, 0.25) is 5.91 Å². The molecule has 0 aromatic heterocycles. The van der Waals surface area contributed by atoms with E-state index >= 15 is 0 Å². The van der Waals surface area contributed by atoms with E-state index in [0.717, 1.165) is 12.8 Å². The van der Waals surface area contributed by atoms with Crippen molar-refractivity contribution in [2.75, 3.05) is 0 Å². The van der Waals surface area contributed by atoms with Gasteiger partial charge in [-0.05, 0) is 19.3 Å². The van der Waals surface area contributed by atoms with Crippen LogP contribution in [0.2, 0.25) is 0 Å². The van der Waals surface area contributed by atoms with Crippen LogP contribution in [-0.2, 0) is 9.59 Å². The molecule has 1 saturated carbocycles. The highest BCUT2D eigenvalue weighted by Gasteiger charge is 2.32. The van der Waals surface area contributed by atoms with Crippen LogP contribution in [0.15, 0.2) is 12.7 Å². The van der Waals surface area contributed by atoms with Crippen molar-refractivity contribution in [3.63, 3.8) is 0 Å². The normalized spacial score (nSPS) is 17.5. The van der Waals surface area contributed by atoms with E-state index < -0.39 is 12.0 Å². The van der Waals surface area contributed by atoms with E-state index in [4.69, 9.17) is 5.11 Å². The van der Waals surface area contributed by atoms with Crippen molar-refractivity contribution in [1.29, 1.82) is 0 Å². The van der Waals surface area contributed by atoms with Crippen LogP contribution in [0.4, 0.5) is 0 Å². The number of rotatable bonds is 5. The summed E-state index contributed by atoms with van der Waals surface area (Å²) < 4.78 is 0. The molecular formula is C9H13NO3. The van der Waals surface area contributed by atoms with Crippen LogP contribution in [0.3, 0.4) is 0 Å². The van der Waals surface area contributed by atoms with Gasteiger partial charge in [-0.2, -0.15) is 0 Å². The second kappa shape index (κ2) is 4.07. The van der Waals surface area contributed by atoms with Gasteiger partial charge in [0.1, 0.15) is 6.04 Å².